The van der Waals surface area contributed by atoms with Gasteiger partial charge in [-0.05, 0) is 50.8 Å². The number of rotatable bonds is 4. The topological polar surface area (TPSA) is 47.8 Å². The van der Waals surface area contributed by atoms with Crippen molar-refractivity contribution in [2.45, 2.75) is 50.1 Å². The monoisotopic (exact) mass is 357 g/mol. The first-order chi connectivity index (χ1) is 11.6. The minimum Gasteiger partial charge on any atom is -0.284 e. The van der Waals surface area contributed by atoms with Gasteiger partial charge in [-0.1, -0.05) is 17.8 Å². The van der Waals surface area contributed by atoms with Gasteiger partial charge in [0.05, 0.1) is 11.1 Å². The van der Waals surface area contributed by atoms with Crippen LogP contribution in [0.4, 0.5) is 0 Å². The molecule has 3 heterocycles. The van der Waals surface area contributed by atoms with E-state index in [0.29, 0.717) is 0 Å². The van der Waals surface area contributed by atoms with E-state index < -0.39 is 0 Å². The molecule has 1 aliphatic rings. The lowest BCUT2D eigenvalue weighted by Gasteiger charge is -2.15. The van der Waals surface area contributed by atoms with E-state index in [2.05, 4.69) is 4.98 Å². The van der Waals surface area contributed by atoms with Crippen molar-refractivity contribution in [1.29, 1.82) is 0 Å². The summed E-state index contributed by atoms with van der Waals surface area (Å²) in [5, 5.41) is 1.66. The number of pyridine rings is 1. The molecule has 0 atom stereocenters. The van der Waals surface area contributed by atoms with Crippen molar-refractivity contribution in [2.24, 2.45) is 0 Å². The standard InChI is InChI=1S/C18H19N3OS2/c1-11(2)21-17(22)15-13-7-5-8-14(13)24-16(15)20-18(21)23-10-12-6-3-4-9-19-12/h3-4,6,9,11H,5,7-8,10H2,1-2H3. The van der Waals surface area contributed by atoms with Crippen LogP contribution in [0, 0.1) is 0 Å². The van der Waals surface area contributed by atoms with E-state index >= 15 is 0 Å². The summed E-state index contributed by atoms with van der Waals surface area (Å²) in [4.78, 5) is 24.6. The number of aryl methyl sites for hydroxylation is 2. The highest BCUT2D eigenvalue weighted by molar-refractivity contribution is 7.98. The minimum atomic E-state index is 0.0950. The van der Waals surface area contributed by atoms with Crippen molar-refractivity contribution in [1.82, 2.24) is 14.5 Å². The van der Waals surface area contributed by atoms with Crippen LogP contribution in [-0.4, -0.2) is 14.5 Å². The van der Waals surface area contributed by atoms with Crippen molar-refractivity contribution in [3.8, 4) is 0 Å². The molecule has 0 unspecified atom stereocenters. The summed E-state index contributed by atoms with van der Waals surface area (Å²) in [6.45, 7) is 4.10. The van der Waals surface area contributed by atoms with E-state index in [1.165, 1.54) is 10.4 Å². The summed E-state index contributed by atoms with van der Waals surface area (Å²) in [5.74, 6) is 0.719. The molecule has 0 bridgehead atoms. The molecule has 0 spiro atoms. The molecule has 0 aromatic carbocycles. The normalized spacial score (nSPS) is 13.8. The molecular weight excluding hydrogens is 338 g/mol. The average molecular weight is 358 g/mol. The molecule has 0 saturated carbocycles. The molecule has 0 N–H and O–H groups in total. The van der Waals surface area contributed by atoms with E-state index in [1.807, 2.05) is 36.6 Å². The summed E-state index contributed by atoms with van der Waals surface area (Å²) in [5.41, 5.74) is 2.38. The maximum Gasteiger partial charge on any atom is 0.263 e. The van der Waals surface area contributed by atoms with Crippen LogP contribution < -0.4 is 5.56 Å². The highest BCUT2D eigenvalue weighted by Crippen LogP contribution is 2.36. The third kappa shape index (κ3) is 2.67. The second kappa shape index (κ2) is 6.33. The van der Waals surface area contributed by atoms with Crippen LogP contribution in [0.25, 0.3) is 10.2 Å². The molecule has 0 saturated heterocycles. The molecule has 0 radical (unpaired) electrons. The number of thiophene rings is 1. The van der Waals surface area contributed by atoms with Crippen LogP contribution in [0.3, 0.4) is 0 Å². The minimum absolute atomic E-state index is 0.0950. The van der Waals surface area contributed by atoms with E-state index in [-0.39, 0.29) is 11.6 Å². The van der Waals surface area contributed by atoms with Crippen molar-refractivity contribution >= 4 is 33.3 Å². The summed E-state index contributed by atoms with van der Waals surface area (Å²) < 4.78 is 1.85. The lowest BCUT2D eigenvalue weighted by atomic mass is 10.2. The zero-order chi connectivity index (χ0) is 16.7. The fourth-order valence-corrected chi connectivity index (χ4v) is 5.56. The highest BCUT2D eigenvalue weighted by Gasteiger charge is 2.24. The van der Waals surface area contributed by atoms with Gasteiger partial charge >= 0.3 is 0 Å². The Balaban J connectivity index is 1.79. The summed E-state index contributed by atoms with van der Waals surface area (Å²) in [6.07, 6.45) is 5.07. The fourth-order valence-electron chi connectivity index (χ4n) is 3.22. The van der Waals surface area contributed by atoms with Crippen LogP contribution in [0.15, 0.2) is 34.3 Å². The van der Waals surface area contributed by atoms with E-state index in [1.54, 1.807) is 29.3 Å². The van der Waals surface area contributed by atoms with E-state index in [9.17, 15) is 4.79 Å². The predicted molar refractivity (Wildman–Crippen MR) is 100 cm³/mol. The quantitative estimate of drug-likeness (QED) is 0.518. The SMILES string of the molecule is CC(C)n1c(SCc2ccccn2)nc2sc3c(c2c1=O)CCC3. The Morgan fingerprint density at radius 1 is 1.33 bits per heavy atom. The summed E-state index contributed by atoms with van der Waals surface area (Å²) in [6, 6.07) is 6.00. The Morgan fingerprint density at radius 2 is 2.21 bits per heavy atom. The van der Waals surface area contributed by atoms with Gasteiger partial charge in [-0.3, -0.25) is 14.3 Å². The van der Waals surface area contributed by atoms with Gasteiger partial charge in [-0.2, -0.15) is 0 Å². The Hall–Kier alpha value is -1.66. The van der Waals surface area contributed by atoms with Gasteiger partial charge in [-0.15, -0.1) is 11.3 Å². The molecule has 124 valence electrons. The smallest absolute Gasteiger partial charge is 0.263 e. The molecule has 0 aliphatic heterocycles. The first kappa shape index (κ1) is 15.8. The second-order valence-electron chi connectivity index (χ2n) is 6.31. The van der Waals surface area contributed by atoms with Gasteiger partial charge in [-0.25, -0.2) is 4.98 Å². The number of fused-ring (bicyclic) bond motifs is 3. The molecule has 4 nitrogen and oxygen atoms in total. The summed E-state index contributed by atoms with van der Waals surface area (Å²) in [7, 11) is 0. The lowest BCUT2D eigenvalue weighted by molar-refractivity contribution is 0.519. The van der Waals surface area contributed by atoms with E-state index in [0.717, 1.165) is 46.1 Å². The molecule has 3 aromatic heterocycles. The van der Waals surface area contributed by atoms with Gasteiger partial charge < -0.3 is 0 Å². The van der Waals surface area contributed by atoms with Crippen LogP contribution in [0.1, 0.15) is 42.4 Å². The highest BCUT2D eigenvalue weighted by atomic mass is 32.2. The van der Waals surface area contributed by atoms with Gasteiger partial charge in [0.25, 0.3) is 5.56 Å². The Bertz CT molecular complexity index is 944. The molecule has 3 aromatic rings. The number of aromatic nitrogens is 3. The van der Waals surface area contributed by atoms with Crippen LogP contribution >= 0.6 is 23.1 Å². The first-order valence-electron chi connectivity index (χ1n) is 8.24. The third-order valence-corrected chi connectivity index (χ3v) is 6.50. The largest absolute Gasteiger partial charge is 0.284 e. The number of nitrogens with zero attached hydrogens (tertiary/aromatic N) is 3. The zero-order valence-electron chi connectivity index (χ0n) is 13.8. The van der Waals surface area contributed by atoms with Crippen LogP contribution in [0.5, 0.6) is 0 Å². The van der Waals surface area contributed by atoms with Gasteiger partial charge in [0.2, 0.25) is 0 Å². The van der Waals surface area contributed by atoms with Crippen molar-refractivity contribution in [3.63, 3.8) is 0 Å². The Labute approximate surface area is 149 Å². The van der Waals surface area contributed by atoms with Gasteiger partial charge in [0.15, 0.2) is 5.16 Å². The number of thioether (sulfide) groups is 1. The molecule has 24 heavy (non-hydrogen) atoms. The Kier molecular flexibility index (Phi) is 4.18. The molecule has 0 fully saturated rings. The second-order valence-corrected chi connectivity index (χ2v) is 8.34. The molecule has 6 heteroatoms. The van der Waals surface area contributed by atoms with Crippen LogP contribution in [-0.2, 0) is 18.6 Å². The zero-order valence-corrected chi connectivity index (χ0v) is 15.4. The maximum absolute atomic E-state index is 13.1. The lowest BCUT2D eigenvalue weighted by Crippen LogP contribution is -2.25. The van der Waals surface area contributed by atoms with Crippen molar-refractivity contribution in [2.75, 3.05) is 0 Å². The summed E-state index contributed by atoms with van der Waals surface area (Å²) >= 11 is 3.30. The van der Waals surface area contributed by atoms with E-state index in [4.69, 9.17) is 4.98 Å². The first-order valence-corrected chi connectivity index (χ1v) is 10.0. The Morgan fingerprint density at radius 3 is 2.96 bits per heavy atom. The van der Waals surface area contributed by atoms with Crippen molar-refractivity contribution in [3.05, 3.63) is 50.9 Å². The van der Waals surface area contributed by atoms with Gasteiger partial charge in [0, 0.05) is 22.9 Å². The van der Waals surface area contributed by atoms with Crippen LogP contribution in [0.2, 0.25) is 0 Å². The molecular formula is C18H19N3OS2. The maximum atomic E-state index is 13.1. The van der Waals surface area contributed by atoms with Gasteiger partial charge in [0.1, 0.15) is 4.83 Å². The number of hydrogen-bond acceptors (Lipinski definition) is 5. The van der Waals surface area contributed by atoms with Crippen molar-refractivity contribution < 1.29 is 0 Å². The number of hydrogen-bond donors (Lipinski definition) is 0. The third-order valence-electron chi connectivity index (χ3n) is 4.33. The molecule has 0 amide bonds. The molecule has 4 rings (SSSR count). The fraction of sp³-hybridized carbons (Fsp3) is 0.389. The molecule has 1 aliphatic carbocycles. The average Bonchev–Trinajstić information content (AvgIpc) is 3.13. The predicted octanol–water partition coefficient (Wildman–Crippen LogP) is 4.21.